The van der Waals surface area contributed by atoms with Crippen molar-refractivity contribution in [1.82, 2.24) is 29.9 Å². The average molecular weight is 423 g/mol. The summed E-state index contributed by atoms with van der Waals surface area (Å²) in [7, 11) is 3.99. The fourth-order valence-electron chi connectivity index (χ4n) is 2.78. The highest BCUT2D eigenvalue weighted by molar-refractivity contribution is 7.99. The molecule has 150 valence electrons. The predicted molar refractivity (Wildman–Crippen MR) is 109 cm³/mol. The Morgan fingerprint density at radius 2 is 1.96 bits per heavy atom. The van der Waals surface area contributed by atoms with Gasteiger partial charge in [-0.3, -0.25) is 19.2 Å². The lowest BCUT2D eigenvalue weighted by Crippen LogP contribution is -2.32. The first-order valence-corrected chi connectivity index (χ1v) is 10.3. The van der Waals surface area contributed by atoms with Crippen molar-refractivity contribution in [3.63, 3.8) is 0 Å². The summed E-state index contributed by atoms with van der Waals surface area (Å²) in [6, 6.07) is 7.31. The number of nitrogens with zero attached hydrogens (tertiary/aromatic N) is 5. The number of hydrogen-bond donors (Lipinski definition) is 1. The highest BCUT2D eigenvalue weighted by Crippen LogP contribution is 2.27. The van der Waals surface area contributed by atoms with Gasteiger partial charge in [-0.15, -0.1) is 10.2 Å². The van der Waals surface area contributed by atoms with Gasteiger partial charge in [0.05, 0.1) is 12.6 Å². The van der Waals surface area contributed by atoms with E-state index in [0.717, 1.165) is 16.7 Å². The highest BCUT2D eigenvalue weighted by atomic mass is 35.5. The van der Waals surface area contributed by atoms with Crippen LogP contribution in [0.4, 0.5) is 4.79 Å². The molecule has 3 rings (SSSR count). The van der Waals surface area contributed by atoms with Crippen molar-refractivity contribution in [2.24, 2.45) is 0 Å². The van der Waals surface area contributed by atoms with E-state index in [1.54, 1.807) is 11.8 Å². The first-order chi connectivity index (χ1) is 13.4. The lowest BCUT2D eigenvalue weighted by molar-refractivity contribution is -0.124. The van der Waals surface area contributed by atoms with Crippen molar-refractivity contribution in [2.45, 2.75) is 24.5 Å². The number of rotatable bonds is 8. The van der Waals surface area contributed by atoms with Crippen LogP contribution in [0.3, 0.4) is 0 Å². The maximum absolute atomic E-state index is 11.7. The molecule has 0 bridgehead atoms. The van der Waals surface area contributed by atoms with Crippen LogP contribution in [0, 0.1) is 0 Å². The first-order valence-electron chi connectivity index (χ1n) is 8.97. The van der Waals surface area contributed by atoms with Gasteiger partial charge in [0, 0.05) is 23.0 Å². The molecule has 1 aromatic carbocycles. The van der Waals surface area contributed by atoms with Gasteiger partial charge in [0.25, 0.3) is 0 Å². The lowest BCUT2D eigenvalue weighted by atomic mass is 10.2. The molecule has 1 unspecified atom stereocenters. The standard InChI is InChI=1S/C18H23ClN6O2S/c1-12(23(2)3)16-21-22-18(25(16)14-7-5-13(19)6-8-14)28-10-4-9-24-15(26)11-20-17(24)27/h5-8,12H,4,9-11H2,1-3H3,(H,20,27). The summed E-state index contributed by atoms with van der Waals surface area (Å²) < 4.78 is 2.03. The molecule has 10 heteroatoms. The molecule has 0 aliphatic carbocycles. The molecule has 3 amide bonds. The fourth-order valence-corrected chi connectivity index (χ4v) is 3.79. The predicted octanol–water partition coefficient (Wildman–Crippen LogP) is 2.58. The van der Waals surface area contributed by atoms with Crippen molar-refractivity contribution in [3.05, 3.63) is 35.1 Å². The van der Waals surface area contributed by atoms with Gasteiger partial charge in [0.15, 0.2) is 11.0 Å². The van der Waals surface area contributed by atoms with Crippen LogP contribution >= 0.6 is 23.4 Å². The molecule has 1 atom stereocenters. The molecule has 1 aliphatic rings. The minimum atomic E-state index is -0.318. The Morgan fingerprint density at radius 1 is 1.25 bits per heavy atom. The third-order valence-electron chi connectivity index (χ3n) is 4.59. The van der Waals surface area contributed by atoms with E-state index in [9.17, 15) is 9.59 Å². The number of imide groups is 1. The summed E-state index contributed by atoms with van der Waals surface area (Å²) in [6.07, 6.45) is 0.676. The molecule has 0 saturated carbocycles. The van der Waals surface area contributed by atoms with Crippen molar-refractivity contribution < 1.29 is 9.59 Å². The van der Waals surface area contributed by atoms with Gasteiger partial charge >= 0.3 is 6.03 Å². The zero-order chi connectivity index (χ0) is 20.3. The molecule has 1 saturated heterocycles. The molecule has 1 aromatic heterocycles. The van der Waals surface area contributed by atoms with E-state index in [1.807, 2.05) is 42.9 Å². The molecule has 1 aliphatic heterocycles. The summed E-state index contributed by atoms with van der Waals surface area (Å²) in [5.74, 6) is 1.37. The number of carbonyl (C=O) groups is 2. The number of halogens is 1. The molecule has 2 heterocycles. The molecule has 2 aromatic rings. The highest BCUT2D eigenvalue weighted by Gasteiger charge is 2.27. The minimum absolute atomic E-state index is 0.0726. The number of carbonyl (C=O) groups excluding carboxylic acids is 2. The van der Waals surface area contributed by atoms with Gasteiger partial charge in [0.1, 0.15) is 0 Å². The number of aromatic nitrogens is 3. The van der Waals surface area contributed by atoms with Gasteiger partial charge in [-0.05, 0) is 51.7 Å². The van der Waals surface area contributed by atoms with E-state index in [0.29, 0.717) is 23.7 Å². The first kappa shape index (κ1) is 20.6. The molecule has 0 radical (unpaired) electrons. The maximum atomic E-state index is 11.7. The van der Waals surface area contributed by atoms with Crippen LogP contribution in [0.5, 0.6) is 0 Å². The number of amides is 3. The van der Waals surface area contributed by atoms with Crippen LogP contribution in [-0.4, -0.2) is 69.4 Å². The molecule has 8 nitrogen and oxygen atoms in total. The number of nitrogens with one attached hydrogen (secondary N) is 1. The molecular formula is C18H23ClN6O2S. The smallest absolute Gasteiger partial charge is 0.324 e. The normalized spacial score (nSPS) is 15.4. The zero-order valence-corrected chi connectivity index (χ0v) is 17.6. The van der Waals surface area contributed by atoms with E-state index in [2.05, 4.69) is 27.3 Å². The maximum Gasteiger partial charge on any atom is 0.324 e. The Hall–Kier alpha value is -2.10. The SMILES string of the molecule is CC(c1nnc(SCCCN2C(=O)CNC2=O)n1-c1ccc(Cl)cc1)N(C)C. The van der Waals surface area contributed by atoms with E-state index < -0.39 is 0 Å². The molecule has 28 heavy (non-hydrogen) atoms. The second-order valence-electron chi connectivity index (χ2n) is 6.70. The fraction of sp³-hybridized carbons (Fsp3) is 0.444. The third kappa shape index (κ3) is 4.48. The molecular weight excluding hydrogens is 400 g/mol. The molecule has 0 spiro atoms. The number of urea groups is 1. The van der Waals surface area contributed by atoms with E-state index in [-0.39, 0.29) is 24.5 Å². The number of hydrogen-bond acceptors (Lipinski definition) is 6. The summed E-state index contributed by atoms with van der Waals surface area (Å²) >= 11 is 7.59. The van der Waals surface area contributed by atoms with Crippen LogP contribution in [0.25, 0.3) is 5.69 Å². The lowest BCUT2D eigenvalue weighted by Gasteiger charge is -2.20. The van der Waals surface area contributed by atoms with Crippen LogP contribution in [0.15, 0.2) is 29.4 Å². The molecule has 1 fully saturated rings. The van der Waals surface area contributed by atoms with Crippen LogP contribution in [0.2, 0.25) is 5.02 Å². The van der Waals surface area contributed by atoms with Crippen LogP contribution in [0.1, 0.15) is 25.2 Å². The van der Waals surface area contributed by atoms with Crippen molar-refractivity contribution in [3.8, 4) is 5.69 Å². The second-order valence-corrected chi connectivity index (χ2v) is 8.20. The van der Waals surface area contributed by atoms with E-state index in [4.69, 9.17) is 11.6 Å². The van der Waals surface area contributed by atoms with E-state index >= 15 is 0 Å². The van der Waals surface area contributed by atoms with Crippen LogP contribution in [-0.2, 0) is 4.79 Å². The van der Waals surface area contributed by atoms with Gasteiger partial charge in [-0.1, -0.05) is 23.4 Å². The average Bonchev–Trinajstić information content (AvgIpc) is 3.22. The summed E-state index contributed by atoms with van der Waals surface area (Å²) in [5, 5.41) is 12.7. The second kappa shape index (κ2) is 8.93. The number of benzene rings is 1. The van der Waals surface area contributed by atoms with Gasteiger partial charge in [0.2, 0.25) is 5.91 Å². The summed E-state index contributed by atoms with van der Waals surface area (Å²) in [4.78, 5) is 26.6. The Labute approximate surface area is 173 Å². The summed E-state index contributed by atoms with van der Waals surface area (Å²) in [6.45, 7) is 2.55. The topological polar surface area (TPSA) is 83.4 Å². The monoisotopic (exact) mass is 422 g/mol. The van der Waals surface area contributed by atoms with Crippen molar-refractivity contribution >= 4 is 35.3 Å². The Kier molecular flexibility index (Phi) is 6.58. The molecule has 1 N–H and O–H groups in total. The quantitative estimate of drug-likeness (QED) is 0.400. The third-order valence-corrected chi connectivity index (χ3v) is 5.85. The van der Waals surface area contributed by atoms with Gasteiger partial charge in [-0.2, -0.15) is 0 Å². The van der Waals surface area contributed by atoms with Gasteiger partial charge < -0.3 is 5.32 Å². The van der Waals surface area contributed by atoms with Crippen molar-refractivity contribution in [2.75, 3.05) is 32.9 Å². The number of thioether (sulfide) groups is 1. The Morgan fingerprint density at radius 3 is 2.57 bits per heavy atom. The van der Waals surface area contributed by atoms with Crippen molar-refractivity contribution in [1.29, 1.82) is 0 Å². The Bertz CT molecular complexity index is 838. The van der Waals surface area contributed by atoms with Gasteiger partial charge in [-0.25, -0.2) is 4.79 Å². The largest absolute Gasteiger partial charge is 0.329 e. The van der Waals surface area contributed by atoms with Crippen LogP contribution < -0.4 is 5.32 Å². The van der Waals surface area contributed by atoms with E-state index in [1.165, 1.54) is 4.90 Å². The minimum Gasteiger partial charge on any atom is -0.329 e. The Balaban J connectivity index is 1.74. The summed E-state index contributed by atoms with van der Waals surface area (Å²) in [5.41, 5.74) is 0.940. The zero-order valence-electron chi connectivity index (χ0n) is 16.1.